The molecule has 152 valence electrons. The van der Waals surface area contributed by atoms with E-state index in [0.29, 0.717) is 11.6 Å². The Labute approximate surface area is 170 Å². The minimum atomic E-state index is -0.876. The highest BCUT2D eigenvalue weighted by Crippen LogP contribution is 2.29. The van der Waals surface area contributed by atoms with Gasteiger partial charge in [-0.15, -0.1) is 0 Å². The maximum Gasteiger partial charge on any atom is 0.198 e. The lowest BCUT2D eigenvalue weighted by molar-refractivity contribution is 0.126. The van der Waals surface area contributed by atoms with Gasteiger partial charge in [0.2, 0.25) is 0 Å². The third-order valence-electron chi connectivity index (χ3n) is 5.18. The summed E-state index contributed by atoms with van der Waals surface area (Å²) in [5, 5.41) is 24.3. The van der Waals surface area contributed by atoms with Crippen LogP contribution >= 0.6 is 0 Å². The molecule has 3 N–H and O–H groups in total. The Morgan fingerprint density at radius 2 is 1.93 bits per heavy atom. The number of furan rings is 1. The molecule has 1 aromatic carbocycles. The van der Waals surface area contributed by atoms with Crippen LogP contribution in [0, 0.1) is 0 Å². The van der Waals surface area contributed by atoms with Crippen LogP contribution in [0.2, 0.25) is 0 Å². The zero-order valence-electron chi connectivity index (χ0n) is 16.8. The summed E-state index contributed by atoms with van der Waals surface area (Å²) < 4.78 is 5.50. The van der Waals surface area contributed by atoms with Crippen molar-refractivity contribution in [3.63, 3.8) is 0 Å². The normalized spacial score (nSPS) is 20.4. The van der Waals surface area contributed by atoms with E-state index in [9.17, 15) is 10.2 Å². The molecule has 0 bridgehead atoms. The molecule has 1 aliphatic rings. The van der Waals surface area contributed by atoms with Crippen molar-refractivity contribution in [3.05, 3.63) is 48.2 Å². The fourth-order valence-corrected chi connectivity index (χ4v) is 3.59. The molecule has 0 atom stereocenters. The van der Waals surface area contributed by atoms with Gasteiger partial charge < -0.3 is 19.9 Å². The first-order chi connectivity index (χ1) is 13.9. The number of aliphatic hydroxyl groups excluding tert-OH is 1. The topological polar surface area (TPSA) is 91.4 Å². The number of aromatic nitrogens is 2. The molecule has 1 saturated carbocycles. The summed E-state index contributed by atoms with van der Waals surface area (Å²) >= 11 is 0. The monoisotopic (exact) mass is 393 g/mol. The molecule has 1 aliphatic carbocycles. The average molecular weight is 393 g/mol. The third-order valence-corrected chi connectivity index (χ3v) is 5.18. The van der Waals surface area contributed by atoms with Crippen molar-refractivity contribution < 1.29 is 14.6 Å². The minimum absolute atomic E-state index is 0.201. The van der Waals surface area contributed by atoms with Crippen LogP contribution in [0.1, 0.15) is 45.1 Å². The predicted molar refractivity (Wildman–Crippen MR) is 114 cm³/mol. The maximum absolute atomic E-state index is 9.97. The summed E-state index contributed by atoms with van der Waals surface area (Å²) in [4.78, 5) is 9.43. The van der Waals surface area contributed by atoms with Crippen molar-refractivity contribution in [1.29, 1.82) is 0 Å². The van der Waals surface area contributed by atoms with Gasteiger partial charge in [-0.25, -0.2) is 9.97 Å². The van der Waals surface area contributed by atoms with Gasteiger partial charge in [-0.1, -0.05) is 18.2 Å². The van der Waals surface area contributed by atoms with Crippen molar-refractivity contribution in [2.45, 2.75) is 57.3 Å². The first kappa shape index (κ1) is 19.6. The van der Waals surface area contributed by atoms with Crippen LogP contribution in [0.15, 0.2) is 47.1 Å². The Morgan fingerprint density at radius 1 is 1.14 bits per heavy atom. The van der Waals surface area contributed by atoms with Crippen LogP contribution in [0.25, 0.3) is 28.6 Å². The molecule has 0 amide bonds. The van der Waals surface area contributed by atoms with E-state index < -0.39 is 5.60 Å². The predicted octanol–water partition coefficient (Wildman–Crippen LogP) is 4.39. The number of anilines is 1. The first-order valence-corrected chi connectivity index (χ1v) is 10.1. The molecule has 2 heterocycles. The molecule has 0 spiro atoms. The van der Waals surface area contributed by atoms with E-state index in [1.165, 1.54) is 0 Å². The van der Waals surface area contributed by atoms with E-state index in [1.807, 2.05) is 36.4 Å². The Hall–Kier alpha value is -2.70. The second kappa shape index (κ2) is 7.97. The summed E-state index contributed by atoms with van der Waals surface area (Å²) in [5.41, 5.74) is 0.916. The fraction of sp³-hybridized carbons (Fsp3) is 0.391. The van der Waals surface area contributed by atoms with Crippen molar-refractivity contribution in [2.24, 2.45) is 0 Å². The van der Waals surface area contributed by atoms with Crippen molar-refractivity contribution >= 4 is 22.8 Å². The van der Waals surface area contributed by atoms with Gasteiger partial charge in [0.25, 0.3) is 0 Å². The SMILES string of the molecule is CC(C)(O)/C=C/c1ccc2nc(-c3ccco3)nc(NC3CCC(O)CC3)c2c1. The standard InChI is InChI=1S/C23H27N3O3/c1-23(2,28)12-11-15-5-10-19-18(14-15)21(24-16-6-8-17(27)9-7-16)26-22(25-19)20-4-3-13-29-20/h3-5,10-14,16-17,27-28H,6-9H2,1-2H3,(H,24,25,26)/b12-11+. The van der Waals surface area contributed by atoms with Crippen LogP contribution in [0.3, 0.4) is 0 Å². The van der Waals surface area contributed by atoms with Crippen LogP contribution < -0.4 is 5.32 Å². The largest absolute Gasteiger partial charge is 0.461 e. The van der Waals surface area contributed by atoms with E-state index in [0.717, 1.165) is 48.0 Å². The summed E-state index contributed by atoms with van der Waals surface area (Å²) in [5.74, 6) is 1.93. The number of fused-ring (bicyclic) bond motifs is 1. The molecule has 6 nitrogen and oxygen atoms in total. The molecule has 3 aromatic rings. The molecule has 0 unspecified atom stereocenters. The molecule has 0 aliphatic heterocycles. The van der Waals surface area contributed by atoms with Crippen LogP contribution in [-0.2, 0) is 0 Å². The van der Waals surface area contributed by atoms with Crippen LogP contribution in [-0.4, -0.2) is 37.9 Å². The van der Waals surface area contributed by atoms with Gasteiger partial charge in [-0.05, 0) is 69.4 Å². The Bertz CT molecular complexity index is 998. The second-order valence-electron chi connectivity index (χ2n) is 8.29. The van der Waals surface area contributed by atoms with E-state index in [-0.39, 0.29) is 12.1 Å². The highest BCUT2D eigenvalue weighted by molar-refractivity contribution is 5.92. The quantitative estimate of drug-likeness (QED) is 0.595. The van der Waals surface area contributed by atoms with Gasteiger partial charge in [0.05, 0.1) is 23.5 Å². The molecule has 0 radical (unpaired) electrons. The summed E-state index contributed by atoms with van der Waals surface area (Å²) in [6.07, 6.45) is 8.48. The number of rotatable bonds is 5. The number of hydrogen-bond acceptors (Lipinski definition) is 6. The van der Waals surface area contributed by atoms with Crippen LogP contribution in [0.4, 0.5) is 5.82 Å². The number of nitrogens with one attached hydrogen (secondary N) is 1. The Kier molecular flexibility index (Phi) is 5.39. The zero-order valence-corrected chi connectivity index (χ0v) is 16.8. The lowest BCUT2D eigenvalue weighted by Crippen LogP contribution is -2.28. The number of benzene rings is 1. The van der Waals surface area contributed by atoms with Gasteiger partial charge in [0.1, 0.15) is 5.82 Å². The highest BCUT2D eigenvalue weighted by atomic mass is 16.3. The van der Waals surface area contributed by atoms with Crippen molar-refractivity contribution in [3.8, 4) is 11.6 Å². The summed E-state index contributed by atoms with van der Waals surface area (Å²) in [6.45, 7) is 3.49. The Morgan fingerprint density at radius 3 is 2.62 bits per heavy atom. The zero-order chi connectivity index (χ0) is 20.4. The van der Waals surface area contributed by atoms with Gasteiger partial charge in [-0.2, -0.15) is 0 Å². The first-order valence-electron chi connectivity index (χ1n) is 10.1. The maximum atomic E-state index is 9.97. The van der Waals surface area contributed by atoms with Crippen molar-refractivity contribution in [2.75, 3.05) is 5.32 Å². The summed E-state index contributed by atoms with van der Waals surface area (Å²) in [7, 11) is 0. The van der Waals surface area contributed by atoms with Gasteiger partial charge in [0, 0.05) is 11.4 Å². The number of nitrogens with zero attached hydrogens (tertiary/aromatic N) is 2. The lowest BCUT2D eigenvalue weighted by atomic mass is 9.93. The van der Waals surface area contributed by atoms with Crippen LogP contribution in [0.5, 0.6) is 0 Å². The average Bonchev–Trinajstić information content (AvgIpc) is 3.22. The van der Waals surface area contributed by atoms with E-state index in [1.54, 1.807) is 26.2 Å². The number of hydrogen-bond donors (Lipinski definition) is 3. The molecular formula is C23H27N3O3. The molecule has 29 heavy (non-hydrogen) atoms. The Balaban J connectivity index is 1.74. The highest BCUT2D eigenvalue weighted by Gasteiger charge is 2.21. The molecule has 2 aromatic heterocycles. The number of aliphatic hydroxyl groups is 2. The summed E-state index contributed by atoms with van der Waals surface area (Å²) in [6, 6.07) is 9.90. The van der Waals surface area contributed by atoms with E-state index in [4.69, 9.17) is 9.40 Å². The molecule has 0 saturated heterocycles. The lowest BCUT2D eigenvalue weighted by Gasteiger charge is -2.27. The van der Waals surface area contributed by atoms with Crippen molar-refractivity contribution in [1.82, 2.24) is 9.97 Å². The van der Waals surface area contributed by atoms with Gasteiger partial charge in [0.15, 0.2) is 11.6 Å². The van der Waals surface area contributed by atoms with E-state index >= 15 is 0 Å². The van der Waals surface area contributed by atoms with E-state index in [2.05, 4.69) is 10.3 Å². The third kappa shape index (κ3) is 4.83. The molecule has 6 heteroatoms. The van der Waals surface area contributed by atoms with Gasteiger partial charge in [-0.3, -0.25) is 0 Å². The molecular weight excluding hydrogens is 366 g/mol. The van der Waals surface area contributed by atoms with Gasteiger partial charge >= 0.3 is 0 Å². The molecule has 1 fully saturated rings. The smallest absolute Gasteiger partial charge is 0.198 e. The second-order valence-corrected chi connectivity index (χ2v) is 8.29. The minimum Gasteiger partial charge on any atom is -0.461 e. The molecule has 4 rings (SSSR count). The fourth-order valence-electron chi connectivity index (χ4n) is 3.59.